The molecule has 0 aromatic carbocycles. The summed E-state index contributed by atoms with van der Waals surface area (Å²) in [5.41, 5.74) is 0.572. The highest BCUT2D eigenvalue weighted by molar-refractivity contribution is 5.05. The third-order valence-corrected chi connectivity index (χ3v) is 1.72. The largest absolute Gasteiger partial charge is 0.266 e. The summed E-state index contributed by atoms with van der Waals surface area (Å²) in [6.45, 7) is 6.28. The second-order valence-electron chi connectivity index (χ2n) is 4.58. The van der Waals surface area contributed by atoms with Gasteiger partial charge in [0.15, 0.2) is 0 Å². The molecule has 1 aromatic heterocycles. The average molecular weight is 203 g/mol. The van der Waals surface area contributed by atoms with E-state index in [-0.39, 0.29) is 5.41 Å². The van der Waals surface area contributed by atoms with Crippen molar-refractivity contribution in [3.05, 3.63) is 11.9 Å². The van der Waals surface area contributed by atoms with Crippen LogP contribution in [0, 0.1) is 0 Å². The maximum Gasteiger partial charge on any atom is 0.266 e. The smallest absolute Gasteiger partial charge is 0.205 e. The van der Waals surface area contributed by atoms with Crippen LogP contribution in [0.25, 0.3) is 0 Å². The van der Waals surface area contributed by atoms with Crippen molar-refractivity contribution < 1.29 is 8.78 Å². The number of nitrogens with zero attached hydrogens (tertiary/aromatic N) is 3. The summed E-state index contributed by atoms with van der Waals surface area (Å²) in [4.78, 5) is 1.04. The molecule has 0 radical (unpaired) electrons. The van der Waals surface area contributed by atoms with E-state index in [4.69, 9.17) is 0 Å². The van der Waals surface area contributed by atoms with E-state index in [1.165, 1.54) is 6.20 Å². The van der Waals surface area contributed by atoms with Gasteiger partial charge < -0.3 is 0 Å². The highest BCUT2D eigenvalue weighted by Gasteiger charge is 2.24. The molecule has 1 heterocycles. The Balaban J connectivity index is 2.79. The fourth-order valence-corrected chi connectivity index (χ4v) is 0.965. The van der Waals surface area contributed by atoms with Crippen molar-refractivity contribution in [2.24, 2.45) is 0 Å². The summed E-state index contributed by atoms with van der Waals surface area (Å²) in [7, 11) is 0. The van der Waals surface area contributed by atoms with Gasteiger partial charge in [0.1, 0.15) is 6.54 Å². The number of halogens is 2. The van der Waals surface area contributed by atoms with Crippen LogP contribution >= 0.6 is 0 Å². The van der Waals surface area contributed by atoms with Gasteiger partial charge in [-0.3, -0.25) is 0 Å². The van der Waals surface area contributed by atoms with Gasteiger partial charge in [0.25, 0.3) is 5.92 Å². The summed E-state index contributed by atoms with van der Waals surface area (Å²) in [6.07, 6.45) is 1.53. The Morgan fingerprint density at radius 3 is 2.21 bits per heavy atom. The number of aromatic nitrogens is 3. The summed E-state index contributed by atoms with van der Waals surface area (Å²) in [5, 5.41) is 7.79. The Labute approximate surface area is 82.1 Å². The molecule has 0 aliphatic rings. The zero-order valence-electron chi connectivity index (χ0n) is 8.88. The first-order valence-corrected chi connectivity index (χ1v) is 4.47. The van der Waals surface area contributed by atoms with Gasteiger partial charge in [0.05, 0.1) is 11.9 Å². The predicted molar refractivity (Wildman–Crippen MR) is 49.3 cm³/mol. The van der Waals surface area contributed by atoms with E-state index in [0.29, 0.717) is 0 Å². The van der Waals surface area contributed by atoms with E-state index in [0.717, 1.165) is 17.4 Å². The fraction of sp³-hybridized carbons (Fsp3) is 0.778. The van der Waals surface area contributed by atoms with Gasteiger partial charge >= 0.3 is 0 Å². The van der Waals surface area contributed by atoms with Crippen LogP contribution in [0.1, 0.15) is 33.4 Å². The van der Waals surface area contributed by atoms with E-state index in [9.17, 15) is 8.78 Å². The molecular formula is C9H15F2N3. The number of hydrogen-bond acceptors (Lipinski definition) is 2. The third kappa shape index (κ3) is 3.05. The van der Waals surface area contributed by atoms with Crippen molar-refractivity contribution in [2.75, 3.05) is 0 Å². The van der Waals surface area contributed by atoms with Gasteiger partial charge in [0, 0.05) is 12.3 Å². The van der Waals surface area contributed by atoms with Crippen LogP contribution < -0.4 is 0 Å². The van der Waals surface area contributed by atoms with Gasteiger partial charge in [-0.25, -0.2) is 8.78 Å². The Bertz CT molecular complexity index is 307. The lowest BCUT2D eigenvalue weighted by Gasteiger charge is -2.13. The van der Waals surface area contributed by atoms with Crippen LogP contribution in [0.5, 0.6) is 0 Å². The Hall–Kier alpha value is -1.00. The molecule has 0 bridgehead atoms. The van der Waals surface area contributed by atoms with E-state index in [1.807, 2.05) is 20.8 Å². The van der Waals surface area contributed by atoms with Crippen LogP contribution in [0.4, 0.5) is 8.78 Å². The standard InChI is InChI=1S/C9H15F2N3/c1-8(2,3)7-5-12-14(13-7)6-9(4,10)11/h5H,6H2,1-4H3. The van der Waals surface area contributed by atoms with Gasteiger partial charge in [0.2, 0.25) is 0 Å². The monoisotopic (exact) mass is 203 g/mol. The Morgan fingerprint density at radius 1 is 1.29 bits per heavy atom. The third-order valence-electron chi connectivity index (χ3n) is 1.72. The summed E-state index contributed by atoms with van der Waals surface area (Å²) in [5.74, 6) is -2.77. The van der Waals surface area contributed by atoms with Crippen molar-refractivity contribution in [2.45, 2.75) is 45.6 Å². The molecule has 3 nitrogen and oxygen atoms in total. The zero-order chi connectivity index (χ0) is 11.0. The number of rotatable bonds is 2. The molecule has 0 atom stereocenters. The summed E-state index contributed by atoms with van der Waals surface area (Å²) in [6, 6.07) is 0. The minimum Gasteiger partial charge on any atom is -0.205 e. The lowest BCUT2D eigenvalue weighted by atomic mass is 9.93. The Morgan fingerprint density at radius 2 is 1.86 bits per heavy atom. The molecule has 5 heteroatoms. The molecular weight excluding hydrogens is 188 g/mol. The van der Waals surface area contributed by atoms with Crippen LogP contribution in [0.2, 0.25) is 0 Å². The van der Waals surface area contributed by atoms with Crippen molar-refractivity contribution in [1.82, 2.24) is 15.0 Å². The topological polar surface area (TPSA) is 30.7 Å². The van der Waals surface area contributed by atoms with Crippen LogP contribution in [-0.4, -0.2) is 20.9 Å². The van der Waals surface area contributed by atoms with Crippen LogP contribution in [-0.2, 0) is 12.0 Å². The molecule has 0 N–H and O–H groups in total. The van der Waals surface area contributed by atoms with Crippen LogP contribution in [0.15, 0.2) is 6.20 Å². The first-order valence-electron chi connectivity index (χ1n) is 4.47. The van der Waals surface area contributed by atoms with Gasteiger partial charge in [-0.2, -0.15) is 15.0 Å². The predicted octanol–water partition coefficient (Wildman–Crippen LogP) is 2.23. The molecule has 0 fully saturated rings. The SMILES string of the molecule is CC(F)(F)Cn1ncc(C(C)(C)C)n1. The van der Waals surface area contributed by atoms with Crippen molar-refractivity contribution in [3.8, 4) is 0 Å². The van der Waals surface area contributed by atoms with E-state index in [2.05, 4.69) is 10.2 Å². The molecule has 14 heavy (non-hydrogen) atoms. The minimum atomic E-state index is -2.77. The number of hydrogen-bond donors (Lipinski definition) is 0. The molecule has 1 aromatic rings. The molecule has 0 unspecified atom stereocenters. The second kappa shape index (κ2) is 3.29. The lowest BCUT2D eigenvalue weighted by Crippen LogP contribution is -2.22. The molecule has 0 amide bonds. The molecule has 0 aliphatic carbocycles. The maximum atomic E-state index is 12.6. The van der Waals surface area contributed by atoms with Gasteiger partial charge in [-0.1, -0.05) is 20.8 Å². The second-order valence-corrected chi connectivity index (χ2v) is 4.58. The Kier molecular flexibility index (Phi) is 2.61. The summed E-state index contributed by atoms with van der Waals surface area (Å²) >= 11 is 0. The highest BCUT2D eigenvalue weighted by atomic mass is 19.3. The first kappa shape index (κ1) is 11.1. The summed E-state index contributed by atoms with van der Waals surface area (Å²) < 4.78 is 25.2. The van der Waals surface area contributed by atoms with Gasteiger partial charge in [-0.05, 0) is 0 Å². The molecule has 80 valence electrons. The maximum absolute atomic E-state index is 12.6. The number of alkyl halides is 2. The van der Waals surface area contributed by atoms with Crippen molar-refractivity contribution in [1.29, 1.82) is 0 Å². The molecule has 0 saturated heterocycles. The van der Waals surface area contributed by atoms with E-state index < -0.39 is 12.5 Å². The van der Waals surface area contributed by atoms with E-state index >= 15 is 0 Å². The molecule has 0 aliphatic heterocycles. The molecule has 1 rings (SSSR count). The van der Waals surface area contributed by atoms with Gasteiger partial charge in [-0.15, -0.1) is 0 Å². The van der Waals surface area contributed by atoms with Crippen LogP contribution in [0.3, 0.4) is 0 Å². The molecule has 0 spiro atoms. The normalized spacial score (nSPS) is 13.3. The van der Waals surface area contributed by atoms with Crippen molar-refractivity contribution in [3.63, 3.8) is 0 Å². The fourth-order valence-electron chi connectivity index (χ4n) is 0.965. The van der Waals surface area contributed by atoms with E-state index in [1.54, 1.807) is 0 Å². The first-order chi connectivity index (χ1) is 6.18. The lowest BCUT2D eigenvalue weighted by molar-refractivity contribution is -0.00354. The van der Waals surface area contributed by atoms with Crippen molar-refractivity contribution >= 4 is 0 Å². The highest BCUT2D eigenvalue weighted by Crippen LogP contribution is 2.19. The zero-order valence-corrected chi connectivity index (χ0v) is 8.88. The minimum absolute atomic E-state index is 0.152. The quantitative estimate of drug-likeness (QED) is 0.738. The molecule has 0 saturated carbocycles. The average Bonchev–Trinajstić information content (AvgIpc) is 2.29.